The van der Waals surface area contributed by atoms with Gasteiger partial charge in [0.05, 0.1) is 13.2 Å². The van der Waals surface area contributed by atoms with Gasteiger partial charge in [-0.2, -0.15) is 0 Å². The molecule has 0 radical (unpaired) electrons. The lowest BCUT2D eigenvalue weighted by Crippen LogP contribution is -2.45. The van der Waals surface area contributed by atoms with Gasteiger partial charge in [-0.05, 0) is 13.3 Å². The zero-order valence-corrected chi connectivity index (χ0v) is 9.58. The molecule has 2 nitrogen and oxygen atoms in total. The van der Waals surface area contributed by atoms with Gasteiger partial charge in [-0.1, -0.05) is 32.4 Å². The lowest BCUT2D eigenvalue weighted by atomic mass is 9.94. The van der Waals surface area contributed by atoms with Gasteiger partial charge in [-0.25, -0.2) is 0 Å². The first-order valence-electron chi connectivity index (χ1n) is 5.66. The molecule has 1 unspecified atom stereocenters. The molecular weight excluding hydrogens is 176 g/mol. The highest BCUT2D eigenvalue weighted by Gasteiger charge is 2.37. The quantitative estimate of drug-likeness (QED) is 0.646. The van der Waals surface area contributed by atoms with Crippen molar-refractivity contribution in [3.8, 4) is 0 Å². The SMILES string of the molecule is CC=CC(C)C1(CCC)OCCCO1. The molecule has 0 saturated carbocycles. The van der Waals surface area contributed by atoms with E-state index >= 15 is 0 Å². The molecule has 0 bridgehead atoms. The van der Waals surface area contributed by atoms with E-state index in [1.54, 1.807) is 0 Å². The first-order valence-corrected chi connectivity index (χ1v) is 5.66. The predicted molar refractivity (Wildman–Crippen MR) is 58.1 cm³/mol. The average molecular weight is 198 g/mol. The lowest BCUT2D eigenvalue weighted by Gasteiger charge is -2.40. The maximum atomic E-state index is 5.85. The van der Waals surface area contributed by atoms with Gasteiger partial charge in [0.2, 0.25) is 0 Å². The van der Waals surface area contributed by atoms with Crippen LogP contribution in [0.1, 0.15) is 40.0 Å². The highest BCUT2D eigenvalue weighted by molar-refractivity contribution is 4.93. The number of hydrogen-bond acceptors (Lipinski definition) is 2. The zero-order valence-electron chi connectivity index (χ0n) is 9.58. The molecule has 0 aromatic rings. The summed E-state index contributed by atoms with van der Waals surface area (Å²) in [5, 5.41) is 0. The number of rotatable bonds is 4. The van der Waals surface area contributed by atoms with Crippen LogP contribution in [-0.4, -0.2) is 19.0 Å². The molecule has 1 aliphatic heterocycles. The van der Waals surface area contributed by atoms with Crippen LogP contribution in [0, 0.1) is 5.92 Å². The van der Waals surface area contributed by atoms with Crippen LogP contribution >= 0.6 is 0 Å². The molecule has 1 saturated heterocycles. The van der Waals surface area contributed by atoms with Crippen LogP contribution in [-0.2, 0) is 9.47 Å². The molecule has 1 rings (SSSR count). The molecule has 1 fully saturated rings. The summed E-state index contributed by atoms with van der Waals surface area (Å²) >= 11 is 0. The van der Waals surface area contributed by atoms with Crippen molar-refractivity contribution in [2.45, 2.75) is 45.8 Å². The van der Waals surface area contributed by atoms with E-state index in [9.17, 15) is 0 Å². The van der Waals surface area contributed by atoms with Crippen LogP contribution in [0.5, 0.6) is 0 Å². The van der Waals surface area contributed by atoms with Crippen LogP contribution in [0.3, 0.4) is 0 Å². The van der Waals surface area contributed by atoms with E-state index in [0.29, 0.717) is 5.92 Å². The van der Waals surface area contributed by atoms with E-state index in [0.717, 1.165) is 32.5 Å². The third kappa shape index (κ3) is 2.58. The van der Waals surface area contributed by atoms with Gasteiger partial charge in [0.15, 0.2) is 5.79 Å². The molecule has 0 aromatic heterocycles. The molecule has 0 aliphatic carbocycles. The first kappa shape index (κ1) is 11.7. The van der Waals surface area contributed by atoms with E-state index in [-0.39, 0.29) is 5.79 Å². The van der Waals surface area contributed by atoms with Crippen molar-refractivity contribution < 1.29 is 9.47 Å². The molecule has 0 amide bonds. The third-order valence-corrected chi connectivity index (χ3v) is 2.75. The Morgan fingerprint density at radius 2 is 2.00 bits per heavy atom. The Kier molecular flexibility index (Phi) is 4.63. The molecule has 0 aromatic carbocycles. The Balaban J connectivity index is 2.68. The maximum absolute atomic E-state index is 5.85. The van der Waals surface area contributed by atoms with Crippen molar-refractivity contribution in [2.75, 3.05) is 13.2 Å². The zero-order chi connectivity index (χ0) is 10.4. The third-order valence-electron chi connectivity index (χ3n) is 2.75. The van der Waals surface area contributed by atoms with Gasteiger partial charge in [0, 0.05) is 12.3 Å². The van der Waals surface area contributed by atoms with Crippen molar-refractivity contribution in [3.05, 3.63) is 12.2 Å². The molecule has 82 valence electrons. The second-order valence-corrected chi connectivity index (χ2v) is 3.93. The van der Waals surface area contributed by atoms with Crippen LogP contribution in [0.4, 0.5) is 0 Å². The molecule has 2 heteroatoms. The lowest BCUT2D eigenvalue weighted by molar-refractivity contribution is -0.287. The highest BCUT2D eigenvalue weighted by atomic mass is 16.7. The summed E-state index contributed by atoms with van der Waals surface area (Å²) in [7, 11) is 0. The summed E-state index contributed by atoms with van der Waals surface area (Å²) in [4.78, 5) is 0. The monoisotopic (exact) mass is 198 g/mol. The van der Waals surface area contributed by atoms with Gasteiger partial charge in [-0.3, -0.25) is 0 Å². The minimum atomic E-state index is -0.348. The largest absolute Gasteiger partial charge is 0.349 e. The molecule has 1 aliphatic rings. The van der Waals surface area contributed by atoms with E-state index in [1.165, 1.54) is 0 Å². The van der Waals surface area contributed by atoms with Crippen molar-refractivity contribution in [1.29, 1.82) is 0 Å². The predicted octanol–water partition coefficient (Wildman–Crippen LogP) is 3.13. The van der Waals surface area contributed by atoms with Crippen LogP contribution in [0.15, 0.2) is 12.2 Å². The normalized spacial score (nSPS) is 23.9. The van der Waals surface area contributed by atoms with E-state index < -0.39 is 0 Å². The fraction of sp³-hybridized carbons (Fsp3) is 0.833. The van der Waals surface area contributed by atoms with Crippen molar-refractivity contribution in [3.63, 3.8) is 0 Å². The van der Waals surface area contributed by atoms with Gasteiger partial charge < -0.3 is 9.47 Å². The smallest absolute Gasteiger partial charge is 0.174 e. The second-order valence-electron chi connectivity index (χ2n) is 3.93. The minimum Gasteiger partial charge on any atom is -0.349 e. The summed E-state index contributed by atoms with van der Waals surface area (Å²) in [6, 6.07) is 0. The Bertz CT molecular complexity index is 175. The summed E-state index contributed by atoms with van der Waals surface area (Å²) < 4.78 is 11.7. The Hall–Kier alpha value is -0.340. The second kappa shape index (κ2) is 5.52. The molecule has 1 atom stereocenters. The maximum Gasteiger partial charge on any atom is 0.174 e. The highest BCUT2D eigenvalue weighted by Crippen LogP contribution is 2.32. The van der Waals surface area contributed by atoms with Crippen molar-refractivity contribution in [2.24, 2.45) is 5.92 Å². The minimum absolute atomic E-state index is 0.341. The van der Waals surface area contributed by atoms with Gasteiger partial charge in [0.1, 0.15) is 0 Å². The van der Waals surface area contributed by atoms with Crippen molar-refractivity contribution in [1.82, 2.24) is 0 Å². The van der Waals surface area contributed by atoms with Crippen LogP contribution < -0.4 is 0 Å². The summed E-state index contributed by atoms with van der Waals surface area (Å²) in [6.45, 7) is 8.05. The van der Waals surface area contributed by atoms with Gasteiger partial charge >= 0.3 is 0 Å². The number of allylic oxidation sites excluding steroid dienone is 1. The summed E-state index contributed by atoms with van der Waals surface area (Å²) in [5.74, 6) is -0.00720. The van der Waals surface area contributed by atoms with Gasteiger partial charge in [0.25, 0.3) is 0 Å². The molecule has 14 heavy (non-hydrogen) atoms. The molecular formula is C12H22O2. The molecule has 1 heterocycles. The fourth-order valence-corrected chi connectivity index (χ4v) is 2.01. The summed E-state index contributed by atoms with van der Waals surface area (Å²) in [5.41, 5.74) is 0. The number of ether oxygens (including phenoxy) is 2. The molecule has 0 N–H and O–H groups in total. The Morgan fingerprint density at radius 1 is 1.36 bits per heavy atom. The van der Waals surface area contributed by atoms with E-state index in [1.807, 2.05) is 6.92 Å². The topological polar surface area (TPSA) is 18.5 Å². The standard InChI is InChI=1S/C12H22O2/c1-4-7-11(3)12(8-5-2)13-9-6-10-14-12/h4,7,11H,5-6,8-10H2,1-3H3. The Labute approximate surface area is 87.3 Å². The van der Waals surface area contributed by atoms with Crippen LogP contribution in [0.25, 0.3) is 0 Å². The van der Waals surface area contributed by atoms with E-state index in [2.05, 4.69) is 26.0 Å². The van der Waals surface area contributed by atoms with Gasteiger partial charge in [-0.15, -0.1) is 0 Å². The van der Waals surface area contributed by atoms with Crippen LogP contribution in [0.2, 0.25) is 0 Å². The number of hydrogen-bond donors (Lipinski definition) is 0. The Morgan fingerprint density at radius 3 is 2.50 bits per heavy atom. The average Bonchev–Trinajstić information content (AvgIpc) is 2.20. The van der Waals surface area contributed by atoms with Crippen molar-refractivity contribution >= 4 is 0 Å². The fourth-order valence-electron chi connectivity index (χ4n) is 2.01. The summed E-state index contributed by atoms with van der Waals surface area (Å²) in [6.07, 6.45) is 7.35. The molecule has 0 spiro atoms. The first-order chi connectivity index (χ1) is 6.75. The van der Waals surface area contributed by atoms with E-state index in [4.69, 9.17) is 9.47 Å².